The van der Waals surface area contributed by atoms with Crippen molar-refractivity contribution in [2.24, 2.45) is 0 Å². The second-order valence-electron chi connectivity index (χ2n) is 9.07. The van der Waals surface area contributed by atoms with Gasteiger partial charge in [0.1, 0.15) is 0 Å². The maximum atomic E-state index is 9.04. The summed E-state index contributed by atoms with van der Waals surface area (Å²) in [6, 6.07) is 27.1. The van der Waals surface area contributed by atoms with Crippen molar-refractivity contribution in [1.29, 1.82) is 5.26 Å². The molecule has 176 valence electrons. The summed E-state index contributed by atoms with van der Waals surface area (Å²) in [6.07, 6.45) is 4.84. The second-order valence-corrected chi connectivity index (χ2v) is 9.51. The Hall–Kier alpha value is -3.43. The zero-order valence-electron chi connectivity index (χ0n) is 19.6. The monoisotopic (exact) mass is 481 g/mol. The van der Waals surface area contributed by atoms with Crippen LogP contribution in [-0.2, 0) is 26.1 Å². The average molecular weight is 482 g/mol. The summed E-state index contributed by atoms with van der Waals surface area (Å²) in [6.45, 7) is 4.26. The molecule has 0 saturated carbocycles. The first kappa shape index (κ1) is 23.3. The van der Waals surface area contributed by atoms with Gasteiger partial charge in [0.15, 0.2) is 0 Å². The fourth-order valence-electron chi connectivity index (χ4n) is 4.79. The van der Waals surface area contributed by atoms with Crippen LogP contribution in [0.5, 0.6) is 0 Å². The molecule has 1 N–H and O–H groups in total. The highest BCUT2D eigenvalue weighted by Crippen LogP contribution is 2.25. The molecule has 35 heavy (non-hydrogen) atoms. The molecule has 0 radical (unpaired) electrons. The molecule has 0 spiro atoms. The van der Waals surface area contributed by atoms with Crippen molar-refractivity contribution in [3.05, 3.63) is 124 Å². The van der Waals surface area contributed by atoms with E-state index < -0.39 is 0 Å². The molecule has 3 aromatic carbocycles. The van der Waals surface area contributed by atoms with Gasteiger partial charge in [0.05, 0.1) is 23.7 Å². The Morgan fingerprint density at radius 2 is 1.86 bits per heavy atom. The molecular weight excluding hydrogens is 454 g/mol. The fourth-order valence-corrected chi connectivity index (χ4v) is 5.00. The highest BCUT2D eigenvalue weighted by atomic mass is 35.5. The van der Waals surface area contributed by atoms with Crippen molar-refractivity contribution >= 4 is 11.6 Å². The van der Waals surface area contributed by atoms with Crippen LogP contribution < -0.4 is 5.32 Å². The molecule has 6 heteroatoms. The van der Waals surface area contributed by atoms with Crippen molar-refractivity contribution in [2.75, 3.05) is 13.1 Å². The zero-order valence-corrected chi connectivity index (χ0v) is 20.3. The summed E-state index contributed by atoms with van der Waals surface area (Å²) < 4.78 is 2.17. The molecule has 0 amide bonds. The Morgan fingerprint density at radius 3 is 2.69 bits per heavy atom. The standard InChI is InChI=1S/C29H28ClN5/c30-26-6-3-4-24(14-26)18-34-13-12-25-5-1-2-7-28(25)29(20-34)33-17-27-16-32-21-35(27)19-23-10-8-22(15-31)9-11-23/h1-11,14,16,21,29,33H,12-13,17-20H2. The lowest BCUT2D eigenvalue weighted by Gasteiger charge is -2.26. The van der Waals surface area contributed by atoms with Crippen LogP contribution in [0.4, 0.5) is 0 Å². The summed E-state index contributed by atoms with van der Waals surface area (Å²) in [7, 11) is 0. The van der Waals surface area contributed by atoms with Crippen molar-refractivity contribution in [3.63, 3.8) is 0 Å². The lowest BCUT2D eigenvalue weighted by molar-refractivity contribution is 0.245. The van der Waals surface area contributed by atoms with Gasteiger partial charge in [-0.3, -0.25) is 4.90 Å². The van der Waals surface area contributed by atoms with Crippen LogP contribution in [0, 0.1) is 11.3 Å². The predicted octanol–water partition coefficient (Wildman–Crippen LogP) is 5.35. The van der Waals surface area contributed by atoms with Crippen LogP contribution in [0.15, 0.2) is 85.3 Å². The van der Waals surface area contributed by atoms with E-state index in [0.29, 0.717) is 5.56 Å². The summed E-state index contributed by atoms with van der Waals surface area (Å²) >= 11 is 6.24. The predicted molar refractivity (Wildman–Crippen MR) is 139 cm³/mol. The van der Waals surface area contributed by atoms with Gasteiger partial charge in [-0.05, 0) is 52.9 Å². The third kappa shape index (κ3) is 5.80. The van der Waals surface area contributed by atoms with Crippen molar-refractivity contribution < 1.29 is 0 Å². The molecule has 0 aliphatic carbocycles. The number of benzene rings is 3. The number of imidazole rings is 1. The molecule has 1 atom stereocenters. The van der Waals surface area contributed by atoms with E-state index in [-0.39, 0.29) is 6.04 Å². The van der Waals surface area contributed by atoms with E-state index in [9.17, 15) is 0 Å². The Kier molecular flexibility index (Phi) is 7.25. The van der Waals surface area contributed by atoms with E-state index in [1.807, 2.05) is 48.9 Å². The van der Waals surface area contributed by atoms with E-state index >= 15 is 0 Å². The molecule has 4 aromatic rings. The first-order chi connectivity index (χ1) is 17.2. The first-order valence-corrected chi connectivity index (χ1v) is 12.3. The van der Waals surface area contributed by atoms with Gasteiger partial charge in [-0.2, -0.15) is 5.26 Å². The molecule has 0 fully saturated rings. The van der Waals surface area contributed by atoms with Gasteiger partial charge < -0.3 is 9.88 Å². The van der Waals surface area contributed by atoms with Crippen molar-refractivity contribution in [3.8, 4) is 6.07 Å². The molecule has 1 unspecified atom stereocenters. The number of nitrogens with zero attached hydrogens (tertiary/aromatic N) is 4. The third-order valence-electron chi connectivity index (χ3n) is 6.63. The lowest BCUT2D eigenvalue weighted by Crippen LogP contribution is -2.34. The van der Waals surface area contributed by atoms with Crippen LogP contribution in [0.25, 0.3) is 0 Å². The Bertz CT molecular complexity index is 1320. The van der Waals surface area contributed by atoms with Gasteiger partial charge in [0.25, 0.3) is 0 Å². The molecule has 1 aromatic heterocycles. The lowest BCUT2D eigenvalue weighted by atomic mass is 9.99. The minimum Gasteiger partial charge on any atom is -0.329 e. The van der Waals surface area contributed by atoms with Crippen LogP contribution in [0.1, 0.15) is 39.6 Å². The Labute approximate surface area is 211 Å². The largest absolute Gasteiger partial charge is 0.329 e. The number of nitriles is 1. The van der Waals surface area contributed by atoms with Gasteiger partial charge >= 0.3 is 0 Å². The van der Waals surface area contributed by atoms with Gasteiger partial charge in [0, 0.05) is 50.0 Å². The second kappa shape index (κ2) is 10.9. The summed E-state index contributed by atoms with van der Waals surface area (Å²) in [4.78, 5) is 6.92. The van der Waals surface area contributed by atoms with Crippen LogP contribution in [0.3, 0.4) is 0 Å². The number of aromatic nitrogens is 2. The number of rotatable bonds is 7. The van der Waals surface area contributed by atoms with Gasteiger partial charge in [-0.1, -0.05) is 60.1 Å². The van der Waals surface area contributed by atoms with E-state index in [0.717, 1.165) is 55.4 Å². The molecule has 1 aliphatic rings. The first-order valence-electron chi connectivity index (χ1n) is 11.9. The zero-order chi connectivity index (χ0) is 24.0. The minimum absolute atomic E-state index is 0.214. The quantitative estimate of drug-likeness (QED) is 0.387. The molecule has 5 nitrogen and oxygen atoms in total. The molecule has 0 saturated heterocycles. The smallest absolute Gasteiger partial charge is 0.0991 e. The van der Waals surface area contributed by atoms with E-state index in [1.165, 1.54) is 16.7 Å². The highest BCUT2D eigenvalue weighted by Gasteiger charge is 2.23. The summed E-state index contributed by atoms with van der Waals surface area (Å²) in [5.41, 5.74) is 6.98. The number of hydrogen-bond acceptors (Lipinski definition) is 4. The molecule has 5 rings (SSSR count). The van der Waals surface area contributed by atoms with Crippen LogP contribution in [0.2, 0.25) is 5.02 Å². The SMILES string of the molecule is N#Cc1ccc(Cn2cncc2CNC2CN(Cc3cccc(Cl)c3)CCc3ccccc32)cc1. The van der Waals surface area contributed by atoms with Gasteiger partial charge in [0.2, 0.25) is 0 Å². The van der Waals surface area contributed by atoms with Gasteiger partial charge in [-0.15, -0.1) is 0 Å². The van der Waals surface area contributed by atoms with Gasteiger partial charge in [-0.25, -0.2) is 4.98 Å². The normalized spacial score (nSPS) is 15.8. The van der Waals surface area contributed by atoms with Crippen LogP contribution in [-0.4, -0.2) is 27.5 Å². The van der Waals surface area contributed by atoms with Crippen molar-refractivity contribution in [1.82, 2.24) is 19.8 Å². The highest BCUT2D eigenvalue weighted by molar-refractivity contribution is 6.30. The number of fused-ring (bicyclic) bond motifs is 1. The minimum atomic E-state index is 0.214. The fraction of sp³-hybridized carbons (Fsp3) is 0.241. The molecule has 2 heterocycles. The van der Waals surface area contributed by atoms with E-state index in [4.69, 9.17) is 16.9 Å². The molecule has 1 aliphatic heterocycles. The molecular formula is C29H28ClN5. The maximum absolute atomic E-state index is 9.04. The Balaban J connectivity index is 1.30. The molecule has 0 bridgehead atoms. The number of hydrogen-bond donors (Lipinski definition) is 1. The number of halogens is 1. The van der Waals surface area contributed by atoms with Crippen LogP contribution >= 0.6 is 11.6 Å². The van der Waals surface area contributed by atoms with E-state index in [1.54, 1.807) is 0 Å². The number of nitrogens with one attached hydrogen (secondary N) is 1. The summed E-state index contributed by atoms with van der Waals surface area (Å²) in [5.74, 6) is 0. The third-order valence-corrected chi connectivity index (χ3v) is 6.86. The summed E-state index contributed by atoms with van der Waals surface area (Å²) in [5, 5.41) is 13.6. The Morgan fingerprint density at radius 1 is 1.00 bits per heavy atom. The maximum Gasteiger partial charge on any atom is 0.0991 e. The topological polar surface area (TPSA) is 56.9 Å². The average Bonchev–Trinajstić information content (AvgIpc) is 3.24. The van der Waals surface area contributed by atoms with E-state index in [2.05, 4.69) is 62.2 Å². The van der Waals surface area contributed by atoms with Crippen molar-refractivity contribution in [2.45, 2.75) is 32.1 Å².